The Bertz CT molecular complexity index is 734. The van der Waals surface area contributed by atoms with E-state index in [1.165, 1.54) is 18.5 Å². The molecule has 1 aromatic carbocycles. The molecular weight excluding hydrogens is 244 g/mol. The molecule has 0 aliphatic carbocycles. The number of aromatic nitrogens is 3. The van der Waals surface area contributed by atoms with Crippen LogP contribution in [0.5, 0.6) is 0 Å². The van der Waals surface area contributed by atoms with Gasteiger partial charge in [-0.15, -0.1) is 0 Å². The van der Waals surface area contributed by atoms with E-state index in [1.54, 1.807) is 16.6 Å². The van der Waals surface area contributed by atoms with Crippen LogP contribution in [0.25, 0.3) is 5.65 Å². The summed E-state index contributed by atoms with van der Waals surface area (Å²) in [5.74, 6) is 0. The van der Waals surface area contributed by atoms with Crippen LogP contribution in [0.3, 0.4) is 0 Å². The van der Waals surface area contributed by atoms with Gasteiger partial charge in [-0.05, 0) is 29.7 Å². The molecule has 0 saturated carbocycles. The van der Waals surface area contributed by atoms with Crippen LogP contribution < -0.4 is 0 Å². The smallest absolute Gasteiger partial charge is 0.258 e. The minimum Gasteiger partial charge on any atom is -0.258 e. The van der Waals surface area contributed by atoms with E-state index in [2.05, 4.69) is 10.1 Å². The van der Waals surface area contributed by atoms with Crippen molar-refractivity contribution < 1.29 is 4.92 Å². The highest BCUT2D eigenvalue weighted by molar-refractivity contribution is 5.42. The number of rotatable bonds is 3. The molecule has 0 radical (unpaired) electrons. The molecule has 0 bridgehead atoms. The van der Waals surface area contributed by atoms with Crippen molar-refractivity contribution in [2.45, 2.75) is 6.42 Å². The van der Waals surface area contributed by atoms with Crippen molar-refractivity contribution in [2.24, 2.45) is 0 Å². The van der Waals surface area contributed by atoms with Gasteiger partial charge in [0.15, 0.2) is 5.65 Å². The maximum absolute atomic E-state index is 10.6. The summed E-state index contributed by atoms with van der Waals surface area (Å²) >= 11 is 0. The maximum Gasteiger partial charge on any atom is 0.269 e. The maximum atomic E-state index is 10.6. The lowest BCUT2D eigenvalue weighted by Crippen LogP contribution is -1.93. The molecule has 0 aliphatic heterocycles. The summed E-state index contributed by atoms with van der Waals surface area (Å²) in [7, 11) is 0. The van der Waals surface area contributed by atoms with Gasteiger partial charge in [0, 0.05) is 18.3 Å². The molecule has 6 heteroatoms. The van der Waals surface area contributed by atoms with Crippen LogP contribution in [0.2, 0.25) is 0 Å². The Balaban J connectivity index is 1.85. The summed E-state index contributed by atoms with van der Waals surface area (Å²) in [5.41, 5.74) is 3.01. The summed E-state index contributed by atoms with van der Waals surface area (Å²) in [6.45, 7) is 0. The van der Waals surface area contributed by atoms with E-state index in [9.17, 15) is 10.1 Å². The first kappa shape index (κ1) is 11.3. The van der Waals surface area contributed by atoms with E-state index in [0.717, 1.165) is 16.8 Å². The number of nitro benzene ring substituents is 1. The molecule has 0 amide bonds. The second-order valence-electron chi connectivity index (χ2n) is 4.20. The van der Waals surface area contributed by atoms with Crippen molar-refractivity contribution in [1.82, 2.24) is 14.6 Å². The van der Waals surface area contributed by atoms with Crippen molar-refractivity contribution in [3.05, 3.63) is 70.2 Å². The van der Waals surface area contributed by atoms with Crippen molar-refractivity contribution in [3.63, 3.8) is 0 Å². The fourth-order valence-electron chi connectivity index (χ4n) is 1.94. The second-order valence-corrected chi connectivity index (χ2v) is 4.20. The Hall–Kier alpha value is -2.76. The minimum atomic E-state index is -0.397. The average Bonchev–Trinajstić information content (AvgIpc) is 2.87. The fourth-order valence-corrected chi connectivity index (χ4v) is 1.94. The molecule has 19 heavy (non-hydrogen) atoms. The number of benzene rings is 1. The van der Waals surface area contributed by atoms with Crippen LogP contribution in [0, 0.1) is 10.1 Å². The molecule has 0 N–H and O–H groups in total. The van der Waals surface area contributed by atoms with E-state index >= 15 is 0 Å². The van der Waals surface area contributed by atoms with Gasteiger partial charge in [-0.25, -0.2) is 9.50 Å². The molecule has 0 unspecified atom stereocenters. The number of non-ortho nitro benzene ring substituents is 1. The van der Waals surface area contributed by atoms with Gasteiger partial charge in [0.05, 0.1) is 4.92 Å². The molecule has 2 aromatic heterocycles. The summed E-state index contributed by atoms with van der Waals surface area (Å²) in [6, 6.07) is 10.5. The second kappa shape index (κ2) is 4.49. The van der Waals surface area contributed by atoms with Gasteiger partial charge in [-0.3, -0.25) is 10.1 Å². The van der Waals surface area contributed by atoms with Gasteiger partial charge in [0.1, 0.15) is 6.33 Å². The third-order valence-corrected chi connectivity index (χ3v) is 2.90. The third-order valence-electron chi connectivity index (χ3n) is 2.90. The predicted molar refractivity (Wildman–Crippen MR) is 68.9 cm³/mol. The Labute approximate surface area is 108 Å². The zero-order chi connectivity index (χ0) is 13.2. The standard InChI is InChI=1S/C13H10N4O2/c18-17(19)12-3-1-10(2-4-12)7-11-5-6-16-13(8-11)14-9-15-16/h1-6,8-9H,7H2. The van der Waals surface area contributed by atoms with Crippen LogP contribution in [-0.4, -0.2) is 19.5 Å². The van der Waals surface area contributed by atoms with Crippen molar-refractivity contribution in [3.8, 4) is 0 Å². The molecule has 94 valence electrons. The monoisotopic (exact) mass is 254 g/mol. The fraction of sp³-hybridized carbons (Fsp3) is 0.0769. The molecule has 6 nitrogen and oxygen atoms in total. The van der Waals surface area contributed by atoms with Crippen molar-refractivity contribution >= 4 is 11.3 Å². The molecular formula is C13H10N4O2. The molecule has 0 atom stereocenters. The highest BCUT2D eigenvalue weighted by Crippen LogP contribution is 2.15. The van der Waals surface area contributed by atoms with E-state index < -0.39 is 4.92 Å². The summed E-state index contributed by atoms with van der Waals surface area (Å²) in [6.07, 6.45) is 4.06. The Morgan fingerprint density at radius 1 is 1.16 bits per heavy atom. The van der Waals surface area contributed by atoms with E-state index in [0.29, 0.717) is 6.42 Å². The van der Waals surface area contributed by atoms with Gasteiger partial charge < -0.3 is 0 Å². The Morgan fingerprint density at radius 3 is 2.68 bits per heavy atom. The lowest BCUT2D eigenvalue weighted by Gasteiger charge is -2.02. The lowest BCUT2D eigenvalue weighted by molar-refractivity contribution is -0.384. The van der Waals surface area contributed by atoms with E-state index in [-0.39, 0.29) is 5.69 Å². The highest BCUT2D eigenvalue weighted by Gasteiger charge is 2.05. The number of nitrogens with zero attached hydrogens (tertiary/aromatic N) is 4. The molecule has 0 fully saturated rings. The van der Waals surface area contributed by atoms with Gasteiger partial charge in [-0.1, -0.05) is 12.1 Å². The Kier molecular flexibility index (Phi) is 2.68. The third kappa shape index (κ3) is 2.28. The van der Waals surface area contributed by atoms with Crippen LogP contribution in [0.15, 0.2) is 48.9 Å². The molecule has 0 saturated heterocycles. The SMILES string of the molecule is O=[N+]([O-])c1ccc(Cc2ccn3ncnc3c2)cc1. The van der Waals surface area contributed by atoms with Crippen LogP contribution in [0.4, 0.5) is 5.69 Å². The molecule has 0 aliphatic rings. The first-order valence-electron chi connectivity index (χ1n) is 5.74. The van der Waals surface area contributed by atoms with Crippen LogP contribution in [-0.2, 0) is 6.42 Å². The molecule has 3 rings (SSSR count). The van der Waals surface area contributed by atoms with Gasteiger partial charge in [0.2, 0.25) is 0 Å². The molecule has 0 spiro atoms. The van der Waals surface area contributed by atoms with E-state index in [4.69, 9.17) is 0 Å². The number of nitro groups is 1. The first-order valence-corrected chi connectivity index (χ1v) is 5.74. The van der Waals surface area contributed by atoms with Crippen molar-refractivity contribution in [2.75, 3.05) is 0 Å². The topological polar surface area (TPSA) is 73.3 Å². The summed E-state index contributed by atoms with van der Waals surface area (Å²) in [4.78, 5) is 14.3. The minimum absolute atomic E-state index is 0.108. The summed E-state index contributed by atoms with van der Waals surface area (Å²) in [5, 5.41) is 14.6. The lowest BCUT2D eigenvalue weighted by atomic mass is 10.1. The predicted octanol–water partition coefficient (Wildman–Crippen LogP) is 2.23. The van der Waals surface area contributed by atoms with Gasteiger partial charge in [-0.2, -0.15) is 5.10 Å². The van der Waals surface area contributed by atoms with Crippen molar-refractivity contribution in [1.29, 1.82) is 0 Å². The average molecular weight is 254 g/mol. The normalized spacial score (nSPS) is 10.7. The number of pyridine rings is 1. The van der Waals surface area contributed by atoms with Crippen LogP contribution in [0.1, 0.15) is 11.1 Å². The number of fused-ring (bicyclic) bond motifs is 1. The first-order chi connectivity index (χ1) is 9.22. The van der Waals surface area contributed by atoms with Gasteiger partial charge >= 0.3 is 0 Å². The zero-order valence-corrected chi connectivity index (χ0v) is 9.93. The Morgan fingerprint density at radius 2 is 1.95 bits per heavy atom. The summed E-state index contributed by atoms with van der Waals surface area (Å²) < 4.78 is 1.69. The number of hydrogen-bond acceptors (Lipinski definition) is 4. The van der Waals surface area contributed by atoms with E-state index in [1.807, 2.05) is 18.3 Å². The van der Waals surface area contributed by atoms with Gasteiger partial charge in [0.25, 0.3) is 5.69 Å². The largest absolute Gasteiger partial charge is 0.269 e. The highest BCUT2D eigenvalue weighted by atomic mass is 16.6. The van der Waals surface area contributed by atoms with Crippen LogP contribution >= 0.6 is 0 Å². The quantitative estimate of drug-likeness (QED) is 0.530. The molecule has 3 aromatic rings. The zero-order valence-electron chi connectivity index (χ0n) is 9.93. The number of hydrogen-bond donors (Lipinski definition) is 0. The molecule has 2 heterocycles.